The quantitative estimate of drug-likeness (QED) is 0.349. The van der Waals surface area contributed by atoms with Crippen molar-refractivity contribution in [3.63, 3.8) is 0 Å². The molecule has 1 fully saturated rings. The van der Waals surface area contributed by atoms with Crippen LogP contribution in [0.25, 0.3) is 0 Å². The van der Waals surface area contributed by atoms with Crippen LogP contribution in [0.4, 0.5) is 4.79 Å². The molecule has 3 N–H and O–H groups in total. The molecule has 224 valence electrons. The molecule has 2 atom stereocenters. The standard InChI is InChI=1S/C33H48N4O4/c1-24(2)21-28(35-32(40)37-19-11-6-7-12-20-37)30(38)34-29(31(39)36-33(3,4)5)22-25-15-17-27(18-16-25)41-23-26-13-9-8-10-14-26/h8-10,13-18,24,28-29H,6-7,11-12,19-23H2,1-5H3,(H,34,38)(H,35,40)(H,36,39)/t28-,29-/m0/s1. The van der Waals surface area contributed by atoms with Gasteiger partial charge in [0.25, 0.3) is 0 Å². The normalized spacial score (nSPS) is 15.4. The van der Waals surface area contributed by atoms with Crippen molar-refractivity contribution in [3.8, 4) is 5.75 Å². The van der Waals surface area contributed by atoms with Crippen LogP contribution in [0, 0.1) is 5.92 Å². The first-order valence-corrected chi connectivity index (χ1v) is 14.9. The lowest BCUT2D eigenvalue weighted by molar-refractivity contribution is -0.130. The lowest BCUT2D eigenvalue weighted by Crippen LogP contribution is -2.58. The molecular formula is C33H48N4O4. The van der Waals surface area contributed by atoms with Crippen LogP contribution in [0.15, 0.2) is 54.6 Å². The second kappa shape index (κ2) is 15.5. The molecule has 0 aliphatic carbocycles. The minimum Gasteiger partial charge on any atom is -0.489 e. The zero-order valence-electron chi connectivity index (χ0n) is 25.4. The fourth-order valence-corrected chi connectivity index (χ4v) is 4.85. The summed E-state index contributed by atoms with van der Waals surface area (Å²) in [5, 5.41) is 8.92. The van der Waals surface area contributed by atoms with Crippen molar-refractivity contribution < 1.29 is 19.1 Å². The van der Waals surface area contributed by atoms with Gasteiger partial charge in [0.1, 0.15) is 24.4 Å². The predicted octanol–water partition coefficient (Wildman–Crippen LogP) is 5.21. The van der Waals surface area contributed by atoms with Gasteiger partial charge in [-0.3, -0.25) is 9.59 Å². The summed E-state index contributed by atoms with van der Waals surface area (Å²) in [6.07, 6.45) is 4.96. The molecule has 8 nitrogen and oxygen atoms in total. The number of carbonyl (C=O) groups excluding carboxylic acids is 3. The highest BCUT2D eigenvalue weighted by Crippen LogP contribution is 2.17. The number of benzene rings is 2. The molecule has 1 heterocycles. The Balaban J connectivity index is 1.70. The minimum absolute atomic E-state index is 0.181. The Bertz CT molecular complexity index is 1100. The average Bonchev–Trinajstić information content (AvgIpc) is 3.21. The van der Waals surface area contributed by atoms with Gasteiger partial charge in [0.15, 0.2) is 0 Å². The summed E-state index contributed by atoms with van der Waals surface area (Å²) in [6.45, 7) is 11.6. The van der Waals surface area contributed by atoms with E-state index in [0.717, 1.165) is 42.6 Å². The zero-order valence-corrected chi connectivity index (χ0v) is 25.4. The Morgan fingerprint density at radius 1 is 0.805 bits per heavy atom. The van der Waals surface area contributed by atoms with Gasteiger partial charge in [0.2, 0.25) is 11.8 Å². The molecule has 1 aliphatic rings. The van der Waals surface area contributed by atoms with Crippen molar-refractivity contribution in [3.05, 3.63) is 65.7 Å². The first-order valence-electron chi connectivity index (χ1n) is 14.9. The Labute approximate surface area is 245 Å². The summed E-state index contributed by atoms with van der Waals surface area (Å²) in [4.78, 5) is 41.8. The monoisotopic (exact) mass is 564 g/mol. The highest BCUT2D eigenvalue weighted by atomic mass is 16.5. The average molecular weight is 565 g/mol. The number of nitrogens with zero attached hydrogens (tertiary/aromatic N) is 1. The molecule has 0 radical (unpaired) electrons. The van der Waals surface area contributed by atoms with Crippen molar-refractivity contribution >= 4 is 17.8 Å². The van der Waals surface area contributed by atoms with Crippen molar-refractivity contribution in [1.29, 1.82) is 0 Å². The number of hydrogen-bond donors (Lipinski definition) is 3. The minimum atomic E-state index is -0.803. The van der Waals surface area contributed by atoms with E-state index in [1.165, 1.54) is 0 Å². The van der Waals surface area contributed by atoms with Crippen molar-refractivity contribution in [2.45, 2.75) is 97.4 Å². The number of urea groups is 1. The van der Waals surface area contributed by atoms with E-state index >= 15 is 0 Å². The molecule has 0 unspecified atom stereocenters. The van der Waals surface area contributed by atoms with Gasteiger partial charge in [-0.05, 0) is 69.2 Å². The number of amides is 4. The molecule has 0 aromatic heterocycles. The zero-order chi connectivity index (χ0) is 29.8. The summed E-state index contributed by atoms with van der Waals surface area (Å²) in [6, 6.07) is 15.8. The number of rotatable bonds is 11. The summed E-state index contributed by atoms with van der Waals surface area (Å²) < 4.78 is 5.90. The van der Waals surface area contributed by atoms with Crippen molar-refractivity contribution in [2.75, 3.05) is 13.1 Å². The first-order chi connectivity index (χ1) is 19.5. The number of ether oxygens (including phenoxy) is 1. The van der Waals surface area contributed by atoms with E-state index in [1.807, 2.05) is 89.2 Å². The fraction of sp³-hybridized carbons (Fsp3) is 0.545. The second-order valence-electron chi connectivity index (χ2n) is 12.5. The van der Waals surface area contributed by atoms with Gasteiger partial charge in [0, 0.05) is 25.0 Å². The lowest BCUT2D eigenvalue weighted by Gasteiger charge is -2.29. The number of nitrogens with one attached hydrogen (secondary N) is 3. The number of hydrogen-bond acceptors (Lipinski definition) is 4. The molecule has 0 saturated carbocycles. The lowest BCUT2D eigenvalue weighted by atomic mass is 10.00. The molecule has 41 heavy (non-hydrogen) atoms. The van der Waals surface area contributed by atoms with Gasteiger partial charge in [0.05, 0.1) is 0 Å². The molecular weight excluding hydrogens is 516 g/mol. The topological polar surface area (TPSA) is 99.8 Å². The van der Waals surface area contributed by atoms with E-state index in [-0.39, 0.29) is 23.8 Å². The van der Waals surface area contributed by atoms with Crippen LogP contribution in [0.2, 0.25) is 0 Å². The van der Waals surface area contributed by atoms with E-state index in [9.17, 15) is 14.4 Å². The Morgan fingerprint density at radius 3 is 2.02 bits per heavy atom. The summed E-state index contributed by atoms with van der Waals surface area (Å²) in [5.41, 5.74) is 1.51. The van der Waals surface area contributed by atoms with Gasteiger partial charge in [-0.2, -0.15) is 0 Å². The van der Waals surface area contributed by atoms with Crippen molar-refractivity contribution in [1.82, 2.24) is 20.9 Å². The van der Waals surface area contributed by atoms with Crippen LogP contribution in [0.5, 0.6) is 5.75 Å². The number of likely N-dealkylation sites (tertiary alicyclic amines) is 1. The maximum absolute atomic E-state index is 13.6. The first kappa shape index (κ1) is 32.0. The molecule has 2 aromatic carbocycles. The van der Waals surface area contributed by atoms with Gasteiger partial charge >= 0.3 is 6.03 Å². The number of carbonyl (C=O) groups is 3. The van der Waals surface area contributed by atoms with Crippen molar-refractivity contribution in [2.24, 2.45) is 5.92 Å². The van der Waals surface area contributed by atoms with Gasteiger partial charge < -0.3 is 25.6 Å². The predicted molar refractivity (Wildman–Crippen MR) is 163 cm³/mol. The van der Waals surface area contributed by atoms with Gasteiger partial charge in [-0.15, -0.1) is 0 Å². The van der Waals surface area contributed by atoms with Crippen LogP contribution in [0.3, 0.4) is 0 Å². The largest absolute Gasteiger partial charge is 0.489 e. The van der Waals surface area contributed by atoms with E-state index < -0.39 is 17.6 Å². The molecule has 8 heteroatoms. The van der Waals surface area contributed by atoms with Crippen LogP contribution in [-0.4, -0.2) is 53.5 Å². The Morgan fingerprint density at radius 2 is 1.44 bits per heavy atom. The fourth-order valence-electron chi connectivity index (χ4n) is 4.85. The summed E-state index contributed by atoms with van der Waals surface area (Å²) in [7, 11) is 0. The maximum Gasteiger partial charge on any atom is 0.318 e. The maximum atomic E-state index is 13.6. The second-order valence-corrected chi connectivity index (χ2v) is 12.5. The van der Waals surface area contributed by atoms with Gasteiger partial charge in [-0.1, -0.05) is 69.2 Å². The van der Waals surface area contributed by atoms with E-state index in [1.54, 1.807) is 4.90 Å². The van der Waals surface area contributed by atoms with E-state index in [2.05, 4.69) is 16.0 Å². The third-order valence-corrected chi connectivity index (χ3v) is 6.96. The van der Waals surface area contributed by atoms with Crippen LogP contribution in [0.1, 0.15) is 77.8 Å². The summed E-state index contributed by atoms with van der Waals surface area (Å²) in [5.74, 6) is 0.294. The van der Waals surface area contributed by atoms with Crippen LogP contribution >= 0.6 is 0 Å². The Hall–Kier alpha value is -3.55. The molecule has 0 bridgehead atoms. The smallest absolute Gasteiger partial charge is 0.318 e. The molecule has 3 rings (SSSR count). The van der Waals surface area contributed by atoms with E-state index in [0.29, 0.717) is 32.5 Å². The SMILES string of the molecule is CC(C)C[C@H](NC(=O)N1CCCCCC1)C(=O)N[C@@H](Cc1ccc(OCc2ccccc2)cc1)C(=O)NC(C)(C)C. The third-order valence-electron chi connectivity index (χ3n) is 6.96. The summed E-state index contributed by atoms with van der Waals surface area (Å²) >= 11 is 0. The van der Waals surface area contributed by atoms with Gasteiger partial charge in [-0.25, -0.2) is 4.79 Å². The van der Waals surface area contributed by atoms with E-state index in [4.69, 9.17) is 4.74 Å². The Kier molecular flexibility index (Phi) is 12.0. The molecule has 4 amide bonds. The molecule has 0 spiro atoms. The highest BCUT2D eigenvalue weighted by molar-refractivity contribution is 5.92. The van der Waals surface area contributed by atoms with Crippen LogP contribution in [-0.2, 0) is 22.6 Å². The molecule has 2 aromatic rings. The van der Waals surface area contributed by atoms with Crippen LogP contribution < -0.4 is 20.7 Å². The molecule has 1 saturated heterocycles. The highest BCUT2D eigenvalue weighted by Gasteiger charge is 2.30. The molecule has 1 aliphatic heterocycles. The third kappa shape index (κ3) is 11.5.